The zero-order valence-corrected chi connectivity index (χ0v) is 21.7. The Hall–Kier alpha value is -0.750. The zero-order valence-electron chi connectivity index (χ0n) is 20.1. The fraction of sp³-hybridized carbons (Fsp3) is 0.708. The van der Waals surface area contributed by atoms with E-state index in [1.54, 1.807) is 0 Å². The Bertz CT molecular complexity index is 702. The third kappa shape index (κ3) is 7.74. The molecule has 3 atom stereocenters. The Labute approximate surface area is 191 Å². The summed E-state index contributed by atoms with van der Waals surface area (Å²) >= 11 is 5.36. The molecule has 0 radical (unpaired) electrons. The molecule has 0 heterocycles. The third-order valence-corrected chi connectivity index (χ3v) is 7.32. The molecule has 0 aliphatic heterocycles. The van der Waals surface area contributed by atoms with E-state index >= 15 is 0 Å². The quantitative estimate of drug-likeness (QED) is 0.351. The van der Waals surface area contributed by atoms with Gasteiger partial charge in [-0.25, -0.2) is 0 Å². The Morgan fingerprint density at radius 2 is 1.80 bits per heavy atom. The summed E-state index contributed by atoms with van der Waals surface area (Å²) in [5, 5.41) is 0.673. The topological polar surface area (TPSA) is 61.4 Å². The Morgan fingerprint density at radius 1 is 1.20 bits per heavy atom. The maximum atomic E-state index is 12.9. The van der Waals surface area contributed by atoms with Crippen LogP contribution < -0.4 is 4.72 Å². The first kappa shape index (κ1) is 27.3. The second kappa shape index (κ2) is 11.2. The van der Waals surface area contributed by atoms with Gasteiger partial charge in [-0.15, -0.1) is 4.72 Å². The van der Waals surface area contributed by atoms with E-state index in [9.17, 15) is 9.35 Å². The van der Waals surface area contributed by atoms with Gasteiger partial charge >= 0.3 is 5.97 Å². The van der Waals surface area contributed by atoms with Crippen molar-refractivity contribution in [3.05, 3.63) is 34.3 Å². The van der Waals surface area contributed by atoms with Crippen molar-refractivity contribution in [2.45, 2.75) is 73.8 Å². The molecule has 0 aliphatic rings. The fourth-order valence-corrected chi connectivity index (χ4v) is 5.45. The van der Waals surface area contributed by atoms with E-state index in [2.05, 4.69) is 25.5 Å². The van der Waals surface area contributed by atoms with Gasteiger partial charge in [0, 0.05) is 16.4 Å². The van der Waals surface area contributed by atoms with Crippen LogP contribution in [0.2, 0.25) is 5.02 Å². The van der Waals surface area contributed by atoms with Crippen LogP contribution in [0, 0.1) is 23.2 Å². The highest BCUT2D eigenvalue weighted by Gasteiger charge is 2.46. The molecule has 1 aromatic carbocycles. The number of ether oxygens (including phenoxy) is 1. The second-order valence-corrected chi connectivity index (χ2v) is 12.0. The molecule has 0 aliphatic carbocycles. The molecule has 1 rings (SSSR count). The van der Waals surface area contributed by atoms with Crippen molar-refractivity contribution in [2.24, 2.45) is 23.2 Å². The molecule has 1 aromatic rings. The van der Waals surface area contributed by atoms with Gasteiger partial charge in [0.2, 0.25) is 0 Å². The van der Waals surface area contributed by atoms with E-state index in [4.69, 9.17) is 16.3 Å². The van der Waals surface area contributed by atoms with E-state index in [0.29, 0.717) is 10.8 Å². The summed E-state index contributed by atoms with van der Waals surface area (Å²) in [5.41, 5.74) is 1.26. The highest BCUT2D eigenvalue weighted by molar-refractivity contribution is 7.89. The van der Waals surface area contributed by atoms with Crippen LogP contribution >= 0.6 is 11.6 Å². The van der Waals surface area contributed by atoms with Crippen LogP contribution in [0.4, 0.5) is 0 Å². The predicted molar refractivity (Wildman–Crippen MR) is 128 cm³/mol. The standard InChI is InChI=1S/C24H40ClNO3S/c1-16(2)15-30(28)26-24(8,21(17(3)4)22(27)29-9)19-11-10-18(20(25)14-19)12-13-23(5,6)7/h10-11,14,16-17,21,26H,12-13,15H2,1-9H3/t21?,24-,30?/m0/s1. The number of esters is 1. The summed E-state index contributed by atoms with van der Waals surface area (Å²) in [4.78, 5) is 12.7. The van der Waals surface area contributed by atoms with Gasteiger partial charge in [0.25, 0.3) is 0 Å². The van der Waals surface area contributed by atoms with Gasteiger partial charge in [0.05, 0.1) is 18.6 Å². The number of benzene rings is 1. The van der Waals surface area contributed by atoms with Crippen LogP contribution in [-0.4, -0.2) is 23.4 Å². The average Bonchev–Trinajstić information content (AvgIpc) is 2.58. The number of methoxy groups -OCH3 is 1. The van der Waals surface area contributed by atoms with Crippen LogP contribution in [0.15, 0.2) is 18.2 Å². The maximum absolute atomic E-state index is 12.9. The van der Waals surface area contributed by atoms with Gasteiger partial charge in [-0.05, 0) is 54.2 Å². The van der Waals surface area contributed by atoms with Crippen LogP contribution in [-0.2, 0) is 32.9 Å². The molecule has 2 unspecified atom stereocenters. The Kier molecular flexibility index (Phi) is 10.2. The summed E-state index contributed by atoms with van der Waals surface area (Å²) in [7, 11) is 1.39. The second-order valence-electron chi connectivity index (χ2n) is 10.3. The molecule has 0 amide bonds. The molecular weight excluding hydrogens is 418 g/mol. The van der Waals surface area contributed by atoms with E-state index in [1.807, 2.05) is 52.8 Å². The number of halogens is 1. The molecule has 172 valence electrons. The average molecular weight is 458 g/mol. The number of carbonyl (C=O) groups excluding carboxylic acids is 1. The fourth-order valence-electron chi connectivity index (χ4n) is 3.77. The molecule has 6 heteroatoms. The lowest BCUT2D eigenvalue weighted by Crippen LogP contribution is -2.54. The first-order valence-corrected chi connectivity index (χ1v) is 12.4. The highest BCUT2D eigenvalue weighted by atomic mass is 35.5. The number of nitrogens with one attached hydrogen (secondary N) is 1. The minimum atomic E-state index is -1.30. The van der Waals surface area contributed by atoms with Crippen molar-refractivity contribution in [2.75, 3.05) is 12.9 Å². The van der Waals surface area contributed by atoms with Gasteiger partial charge in [-0.3, -0.25) is 4.79 Å². The first-order chi connectivity index (χ1) is 13.7. The van der Waals surface area contributed by atoms with Crippen LogP contribution in [0.5, 0.6) is 0 Å². The Balaban J connectivity index is 3.39. The van der Waals surface area contributed by atoms with Gasteiger partial charge < -0.3 is 9.29 Å². The maximum Gasteiger partial charge on any atom is 0.311 e. The molecule has 0 aromatic heterocycles. The number of aryl methyl sites for hydroxylation is 1. The molecule has 0 bridgehead atoms. The summed E-state index contributed by atoms with van der Waals surface area (Å²) in [6.45, 7) is 16.6. The van der Waals surface area contributed by atoms with Crippen molar-refractivity contribution in [1.29, 1.82) is 0 Å². The lowest BCUT2D eigenvalue weighted by atomic mass is 9.74. The smallest absolute Gasteiger partial charge is 0.311 e. The van der Waals surface area contributed by atoms with Crippen LogP contribution in [0.3, 0.4) is 0 Å². The van der Waals surface area contributed by atoms with Gasteiger partial charge in [0.1, 0.15) is 5.75 Å². The van der Waals surface area contributed by atoms with E-state index in [1.165, 1.54) is 7.11 Å². The molecule has 0 saturated carbocycles. The lowest BCUT2D eigenvalue weighted by molar-refractivity contribution is -0.150. The SMILES string of the molecule is COC(=O)C(C(C)C)[C@@](C)(N[S+]([O-])CC(C)C)c1ccc(CCC(C)(C)C)c(Cl)c1. The number of hydrogen-bond acceptors (Lipinski definition) is 4. The highest BCUT2D eigenvalue weighted by Crippen LogP contribution is 2.38. The summed E-state index contributed by atoms with van der Waals surface area (Å²) in [5.74, 6) is -0.101. The van der Waals surface area contributed by atoms with E-state index in [-0.39, 0.29) is 23.2 Å². The number of carbonyl (C=O) groups is 1. The first-order valence-electron chi connectivity index (χ1n) is 10.7. The zero-order chi connectivity index (χ0) is 23.3. The minimum Gasteiger partial charge on any atom is -0.598 e. The number of rotatable bonds is 10. The molecule has 30 heavy (non-hydrogen) atoms. The van der Waals surface area contributed by atoms with Crippen LogP contribution in [0.25, 0.3) is 0 Å². The van der Waals surface area contributed by atoms with E-state index < -0.39 is 22.8 Å². The molecule has 0 saturated heterocycles. The van der Waals surface area contributed by atoms with Gasteiger partial charge in [-0.1, -0.05) is 72.2 Å². The number of hydrogen-bond donors (Lipinski definition) is 1. The molecule has 0 fully saturated rings. The van der Waals surface area contributed by atoms with Crippen molar-refractivity contribution < 1.29 is 14.1 Å². The normalized spacial score (nSPS) is 16.4. The summed E-state index contributed by atoms with van der Waals surface area (Å²) in [6.07, 6.45) is 1.91. The van der Waals surface area contributed by atoms with Crippen molar-refractivity contribution >= 4 is 28.9 Å². The molecule has 1 N–H and O–H groups in total. The summed E-state index contributed by atoms with van der Waals surface area (Å²) in [6, 6.07) is 5.95. The molecule has 0 spiro atoms. The lowest BCUT2D eigenvalue weighted by Gasteiger charge is -2.39. The van der Waals surface area contributed by atoms with Crippen LogP contribution in [0.1, 0.15) is 72.9 Å². The summed E-state index contributed by atoms with van der Waals surface area (Å²) < 4.78 is 21.2. The monoisotopic (exact) mass is 457 g/mol. The largest absolute Gasteiger partial charge is 0.598 e. The van der Waals surface area contributed by atoms with Crippen molar-refractivity contribution in [1.82, 2.24) is 4.72 Å². The van der Waals surface area contributed by atoms with Gasteiger partial charge in [0.15, 0.2) is 0 Å². The molecular formula is C24H40ClNO3S. The molecule has 4 nitrogen and oxygen atoms in total. The van der Waals surface area contributed by atoms with Crippen molar-refractivity contribution in [3.63, 3.8) is 0 Å². The third-order valence-electron chi connectivity index (χ3n) is 5.35. The Morgan fingerprint density at radius 3 is 2.23 bits per heavy atom. The predicted octanol–water partition coefficient (Wildman–Crippen LogP) is 5.89. The minimum absolute atomic E-state index is 0.0228. The van der Waals surface area contributed by atoms with E-state index in [0.717, 1.165) is 24.0 Å². The van der Waals surface area contributed by atoms with Gasteiger partial charge in [-0.2, -0.15) is 0 Å². The van der Waals surface area contributed by atoms with Crippen molar-refractivity contribution in [3.8, 4) is 0 Å².